The molecule has 160 valence electrons. The fourth-order valence-corrected chi connectivity index (χ4v) is 5.95. The number of carbonyl (C=O) groups excluding carboxylic acids is 2. The molecule has 1 saturated carbocycles. The number of amides is 1. The van der Waals surface area contributed by atoms with Gasteiger partial charge in [-0.15, -0.1) is 0 Å². The number of hydrogen-bond acceptors (Lipinski definition) is 6. The van der Waals surface area contributed by atoms with E-state index in [1.54, 1.807) is 17.0 Å². The van der Waals surface area contributed by atoms with Crippen molar-refractivity contribution in [2.24, 2.45) is 0 Å². The van der Waals surface area contributed by atoms with Crippen molar-refractivity contribution in [3.8, 4) is 0 Å². The van der Waals surface area contributed by atoms with Crippen molar-refractivity contribution < 1.29 is 22.7 Å². The van der Waals surface area contributed by atoms with Gasteiger partial charge in [-0.05, 0) is 43.5 Å². The number of anilines is 1. The van der Waals surface area contributed by atoms with Crippen LogP contribution in [0.15, 0.2) is 24.3 Å². The molecule has 7 nitrogen and oxygen atoms in total. The number of rotatable bonds is 6. The molecule has 3 rings (SSSR count). The Morgan fingerprint density at radius 1 is 1.00 bits per heavy atom. The molecule has 1 aromatic carbocycles. The van der Waals surface area contributed by atoms with E-state index < -0.39 is 15.8 Å². The Kier molecular flexibility index (Phi) is 6.82. The van der Waals surface area contributed by atoms with Crippen molar-refractivity contribution in [3.05, 3.63) is 29.8 Å². The predicted octanol–water partition coefficient (Wildman–Crippen LogP) is 2.26. The van der Waals surface area contributed by atoms with Gasteiger partial charge in [0.25, 0.3) is 5.91 Å². The van der Waals surface area contributed by atoms with Crippen molar-refractivity contribution in [2.45, 2.75) is 50.6 Å². The Morgan fingerprint density at radius 2 is 1.66 bits per heavy atom. The first-order valence-electron chi connectivity index (χ1n) is 10.2. The second kappa shape index (κ2) is 9.15. The van der Waals surface area contributed by atoms with Gasteiger partial charge in [0.15, 0.2) is 16.4 Å². The molecule has 2 fully saturated rings. The normalized spacial score (nSPS) is 21.5. The summed E-state index contributed by atoms with van der Waals surface area (Å²) in [5.74, 6) is -0.718. The lowest BCUT2D eigenvalue weighted by molar-refractivity contribution is -0.140. The smallest absolute Gasteiger partial charge is 0.338 e. The quantitative estimate of drug-likeness (QED) is 0.654. The molecular weight excluding hydrogens is 392 g/mol. The fourth-order valence-electron chi connectivity index (χ4n) is 4.24. The second-order valence-corrected chi connectivity index (χ2v) is 10.4. The second-order valence-electron chi connectivity index (χ2n) is 8.17. The molecule has 29 heavy (non-hydrogen) atoms. The predicted molar refractivity (Wildman–Crippen MR) is 112 cm³/mol. The maximum absolute atomic E-state index is 13.0. The third-order valence-electron chi connectivity index (χ3n) is 5.80. The summed E-state index contributed by atoms with van der Waals surface area (Å²) in [5, 5.41) is 0. The van der Waals surface area contributed by atoms with Crippen LogP contribution in [0.1, 0.15) is 48.9 Å². The molecular formula is C21H30N2O5S. The highest BCUT2D eigenvalue weighted by Crippen LogP contribution is 2.28. The summed E-state index contributed by atoms with van der Waals surface area (Å²) in [5.41, 5.74) is 1.35. The number of carbonyl (C=O) groups is 2. The Hall–Kier alpha value is -2.09. The lowest BCUT2D eigenvalue weighted by Crippen LogP contribution is -2.50. The molecule has 0 radical (unpaired) electrons. The van der Waals surface area contributed by atoms with Gasteiger partial charge in [-0.2, -0.15) is 0 Å². The molecule has 0 unspecified atom stereocenters. The minimum atomic E-state index is -3.10. The summed E-state index contributed by atoms with van der Waals surface area (Å²) in [6.07, 6.45) is 5.42. The van der Waals surface area contributed by atoms with E-state index >= 15 is 0 Å². The molecule has 1 aliphatic carbocycles. The van der Waals surface area contributed by atoms with Crippen LogP contribution in [0.3, 0.4) is 0 Å². The molecule has 0 N–H and O–H groups in total. The van der Waals surface area contributed by atoms with Gasteiger partial charge < -0.3 is 14.5 Å². The number of esters is 1. The summed E-state index contributed by atoms with van der Waals surface area (Å²) in [6, 6.07) is 6.70. The van der Waals surface area contributed by atoms with Crippen LogP contribution in [0.4, 0.5) is 5.69 Å². The Balaban J connectivity index is 1.65. The Labute approximate surface area is 172 Å². The topological polar surface area (TPSA) is 84.0 Å². The first-order valence-corrected chi connectivity index (χ1v) is 12.0. The molecule has 0 aromatic heterocycles. The lowest BCUT2D eigenvalue weighted by Gasteiger charge is -2.38. The fraction of sp³-hybridized carbons (Fsp3) is 0.619. The van der Waals surface area contributed by atoms with E-state index in [9.17, 15) is 18.0 Å². The van der Waals surface area contributed by atoms with Gasteiger partial charge in [0.2, 0.25) is 0 Å². The van der Waals surface area contributed by atoms with E-state index in [1.807, 2.05) is 31.1 Å². The van der Waals surface area contributed by atoms with Gasteiger partial charge in [0, 0.05) is 31.9 Å². The van der Waals surface area contributed by atoms with Crippen LogP contribution < -0.4 is 4.90 Å². The van der Waals surface area contributed by atoms with Crippen LogP contribution in [0.2, 0.25) is 0 Å². The molecule has 1 atom stereocenters. The van der Waals surface area contributed by atoms with Gasteiger partial charge in [-0.3, -0.25) is 4.79 Å². The minimum Gasteiger partial charge on any atom is -0.452 e. The van der Waals surface area contributed by atoms with Crippen molar-refractivity contribution in [1.82, 2.24) is 4.90 Å². The molecule has 1 aliphatic heterocycles. The van der Waals surface area contributed by atoms with E-state index in [1.165, 1.54) is 0 Å². The van der Waals surface area contributed by atoms with Crippen LogP contribution in [0, 0.1) is 0 Å². The van der Waals surface area contributed by atoms with Crippen LogP contribution >= 0.6 is 0 Å². The largest absolute Gasteiger partial charge is 0.452 e. The lowest BCUT2D eigenvalue weighted by atomic mass is 9.93. The van der Waals surface area contributed by atoms with Gasteiger partial charge in [-0.25, -0.2) is 13.2 Å². The van der Waals surface area contributed by atoms with Crippen molar-refractivity contribution >= 4 is 27.4 Å². The number of nitrogens with zero attached hydrogens (tertiary/aromatic N) is 2. The number of hydrogen-bond donors (Lipinski definition) is 0. The average Bonchev–Trinajstić information content (AvgIpc) is 3.06. The van der Waals surface area contributed by atoms with Gasteiger partial charge >= 0.3 is 5.97 Å². The van der Waals surface area contributed by atoms with E-state index in [0.717, 1.165) is 37.8 Å². The Morgan fingerprint density at radius 3 is 2.21 bits per heavy atom. The summed E-state index contributed by atoms with van der Waals surface area (Å²) < 4.78 is 29.2. The van der Waals surface area contributed by atoms with Gasteiger partial charge in [0.05, 0.1) is 17.1 Å². The highest BCUT2D eigenvalue weighted by molar-refractivity contribution is 7.91. The zero-order valence-corrected chi connectivity index (χ0v) is 18.0. The van der Waals surface area contributed by atoms with Crippen LogP contribution in [0.25, 0.3) is 0 Å². The molecule has 1 aromatic rings. The zero-order valence-electron chi connectivity index (χ0n) is 17.2. The standard InChI is InChI=1S/C21H30N2O5S/c1-22(2)17-10-8-16(9-11-17)21(25)28-14-20(24)23(18-6-4-3-5-7-18)19-12-13-29(26,27)15-19/h8-11,18-19H,3-7,12-15H2,1-2H3/t19-/m0/s1. The summed E-state index contributed by atoms with van der Waals surface area (Å²) in [6.45, 7) is -0.360. The molecule has 2 aliphatic rings. The maximum Gasteiger partial charge on any atom is 0.338 e. The molecule has 0 spiro atoms. The van der Waals surface area contributed by atoms with Crippen molar-refractivity contribution in [2.75, 3.05) is 37.1 Å². The van der Waals surface area contributed by atoms with Crippen LogP contribution in [0.5, 0.6) is 0 Å². The van der Waals surface area contributed by atoms with Crippen LogP contribution in [-0.4, -0.2) is 69.5 Å². The first kappa shape index (κ1) is 21.6. The number of sulfone groups is 1. The monoisotopic (exact) mass is 422 g/mol. The van der Waals surface area contributed by atoms with E-state index in [4.69, 9.17) is 4.74 Å². The number of ether oxygens (including phenoxy) is 1. The molecule has 1 heterocycles. The molecule has 8 heteroatoms. The van der Waals surface area contributed by atoms with Crippen LogP contribution in [-0.2, 0) is 19.4 Å². The summed E-state index contributed by atoms with van der Waals surface area (Å²) >= 11 is 0. The van der Waals surface area contributed by atoms with E-state index in [-0.39, 0.29) is 36.1 Å². The molecule has 1 saturated heterocycles. The minimum absolute atomic E-state index is 0.00911. The average molecular weight is 423 g/mol. The Bertz CT molecular complexity index is 829. The van der Waals surface area contributed by atoms with Crippen molar-refractivity contribution in [3.63, 3.8) is 0 Å². The number of benzene rings is 1. The highest BCUT2D eigenvalue weighted by Gasteiger charge is 2.38. The van der Waals surface area contributed by atoms with Gasteiger partial charge in [-0.1, -0.05) is 19.3 Å². The maximum atomic E-state index is 13.0. The third kappa shape index (κ3) is 5.50. The first-order chi connectivity index (χ1) is 13.8. The van der Waals surface area contributed by atoms with E-state index in [2.05, 4.69) is 0 Å². The third-order valence-corrected chi connectivity index (χ3v) is 7.55. The summed E-state index contributed by atoms with van der Waals surface area (Å²) in [7, 11) is 0.720. The van der Waals surface area contributed by atoms with Crippen molar-refractivity contribution in [1.29, 1.82) is 0 Å². The highest BCUT2D eigenvalue weighted by atomic mass is 32.2. The summed E-state index contributed by atoms with van der Waals surface area (Å²) in [4.78, 5) is 29.0. The molecule has 1 amide bonds. The zero-order chi connectivity index (χ0) is 21.0. The SMILES string of the molecule is CN(C)c1ccc(C(=O)OCC(=O)N(C2CCCCC2)[C@H]2CCS(=O)(=O)C2)cc1. The van der Waals surface area contributed by atoms with Gasteiger partial charge in [0.1, 0.15) is 0 Å². The molecule has 0 bridgehead atoms. The van der Waals surface area contributed by atoms with E-state index in [0.29, 0.717) is 12.0 Å².